The Morgan fingerprint density at radius 2 is 2.09 bits per heavy atom. The molecule has 3 heteroatoms. The number of carbonyl (C=O) groups is 1. The predicted molar refractivity (Wildman–Crippen MR) is 41.9 cm³/mol. The summed E-state index contributed by atoms with van der Waals surface area (Å²) in [6.45, 7) is 0.894. The summed E-state index contributed by atoms with van der Waals surface area (Å²) in [5.41, 5.74) is 5.59. The van der Waals surface area contributed by atoms with E-state index in [4.69, 9.17) is 5.73 Å². The summed E-state index contributed by atoms with van der Waals surface area (Å²) in [7, 11) is 0. The first-order chi connectivity index (χ1) is 5.29. The smallest absolute Gasteiger partial charge is 0.239 e. The fraction of sp³-hybridized carbons (Fsp3) is 0.875. The second kappa shape index (κ2) is 2.48. The highest BCUT2D eigenvalue weighted by Crippen LogP contribution is 2.27. The van der Waals surface area contributed by atoms with Gasteiger partial charge in [-0.15, -0.1) is 0 Å². The molecule has 1 amide bonds. The van der Waals surface area contributed by atoms with Crippen molar-refractivity contribution in [3.05, 3.63) is 0 Å². The summed E-state index contributed by atoms with van der Waals surface area (Å²) < 4.78 is 0. The number of nitrogens with two attached hydrogens (primary N) is 1. The first kappa shape index (κ1) is 7.10. The maximum atomic E-state index is 11.3. The third kappa shape index (κ3) is 1.03. The predicted octanol–water partition coefficient (Wildman–Crippen LogP) is 0.0985. The quantitative estimate of drug-likeness (QED) is 0.582. The van der Waals surface area contributed by atoms with Crippen LogP contribution in [-0.2, 0) is 4.79 Å². The van der Waals surface area contributed by atoms with E-state index in [-0.39, 0.29) is 11.9 Å². The number of amides is 1. The Morgan fingerprint density at radius 3 is 2.45 bits per heavy atom. The van der Waals surface area contributed by atoms with Crippen molar-refractivity contribution < 1.29 is 4.79 Å². The van der Waals surface area contributed by atoms with Crippen molar-refractivity contribution in [3.63, 3.8) is 0 Å². The van der Waals surface area contributed by atoms with Gasteiger partial charge in [0.1, 0.15) is 0 Å². The number of rotatable bonds is 1. The monoisotopic (exact) mass is 154 g/mol. The van der Waals surface area contributed by atoms with Gasteiger partial charge in [-0.3, -0.25) is 4.79 Å². The molecule has 1 saturated carbocycles. The molecule has 0 spiro atoms. The summed E-state index contributed by atoms with van der Waals surface area (Å²) in [5, 5.41) is 0. The van der Waals surface area contributed by atoms with Crippen LogP contribution in [0.5, 0.6) is 0 Å². The van der Waals surface area contributed by atoms with Gasteiger partial charge in [-0.05, 0) is 25.7 Å². The summed E-state index contributed by atoms with van der Waals surface area (Å²) in [5.74, 6) is 0.176. The molecule has 0 aromatic heterocycles. The largest absolute Gasteiger partial charge is 0.338 e. The topological polar surface area (TPSA) is 46.3 Å². The van der Waals surface area contributed by atoms with Crippen LogP contribution in [0, 0.1) is 0 Å². The molecule has 2 N–H and O–H groups in total. The molecule has 1 atom stereocenters. The Balaban J connectivity index is 1.98. The second-order valence-corrected chi connectivity index (χ2v) is 3.51. The van der Waals surface area contributed by atoms with Gasteiger partial charge < -0.3 is 10.6 Å². The van der Waals surface area contributed by atoms with Gasteiger partial charge in [0.15, 0.2) is 0 Å². The second-order valence-electron chi connectivity index (χ2n) is 3.51. The molecule has 0 unspecified atom stereocenters. The van der Waals surface area contributed by atoms with Crippen molar-refractivity contribution in [3.8, 4) is 0 Å². The standard InChI is InChI=1S/C8H14N2O/c9-7-4-5-10(8(7)11)6-2-1-3-6/h6-7H,1-5,9H2/t7-/m0/s1. The lowest BCUT2D eigenvalue weighted by molar-refractivity contribution is -0.132. The van der Waals surface area contributed by atoms with Crippen molar-refractivity contribution >= 4 is 5.91 Å². The van der Waals surface area contributed by atoms with Gasteiger partial charge in [0.25, 0.3) is 0 Å². The molecule has 0 bridgehead atoms. The Bertz CT molecular complexity index is 177. The lowest BCUT2D eigenvalue weighted by Crippen LogP contribution is -2.44. The van der Waals surface area contributed by atoms with Crippen molar-refractivity contribution in [2.75, 3.05) is 6.54 Å². The fourth-order valence-corrected chi connectivity index (χ4v) is 1.79. The van der Waals surface area contributed by atoms with E-state index < -0.39 is 0 Å². The first-order valence-corrected chi connectivity index (χ1v) is 4.35. The van der Waals surface area contributed by atoms with Crippen molar-refractivity contribution in [2.45, 2.75) is 37.8 Å². The third-order valence-corrected chi connectivity index (χ3v) is 2.80. The van der Waals surface area contributed by atoms with Crippen LogP contribution in [0.25, 0.3) is 0 Å². The zero-order chi connectivity index (χ0) is 7.84. The highest BCUT2D eigenvalue weighted by molar-refractivity contribution is 5.84. The first-order valence-electron chi connectivity index (χ1n) is 4.35. The molecule has 1 saturated heterocycles. The lowest BCUT2D eigenvalue weighted by Gasteiger charge is -2.34. The molecular weight excluding hydrogens is 140 g/mol. The van der Waals surface area contributed by atoms with Crippen LogP contribution in [0.3, 0.4) is 0 Å². The Hall–Kier alpha value is -0.570. The van der Waals surface area contributed by atoms with E-state index >= 15 is 0 Å². The zero-order valence-electron chi connectivity index (χ0n) is 6.62. The maximum absolute atomic E-state index is 11.3. The molecule has 1 aliphatic heterocycles. The highest BCUT2D eigenvalue weighted by atomic mass is 16.2. The third-order valence-electron chi connectivity index (χ3n) is 2.80. The number of carbonyl (C=O) groups excluding carboxylic acids is 1. The van der Waals surface area contributed by atoms with Crippen LogP contribution in [0.4, 0.5) is 0 Å². The summed E-state index contributed by atoms with van der Waals surface area (Å²) in [4.78, 5) is 13.3. The van der Waals surface area contributed by atoms with Gasteiger partial charge in [-0.1, -0.05) is 0 Å². The minimum atomic E-state index is -0.199. The number of hydrogen-bond acceptors (Lipinski definition) is 2. The van der Waals surface area contributed by atoms with Crippen molar-refractivity contribution in [2.24, 2.45) is 5.73 Å². The molecule has 3 nitrogen and oxygen atoms in total. The van der Waals surface area contributed by atoms with Crippen LogP contribution in [0.15, 0.2) is 0 Å². The summed E-state index contributed by atoms with van der Waals surface area (Å²) in [6.07, 6.45) is 4.52. The van der Waals surface area contributed by atoms with Crippen LogP contribution in [0.1, 0.15) is 25.7 Å². The molecule has 2 rings (SSSR count). The maximum Gasteiger partial charge on any atom is 0.239 e. The van der Waals surface area contributed by atoms with Gasteiger partial charge in [0.2, 0.25) is 5.91 Å². The molecule has 0 aromatic carbocycles. The number of hydrogen-bond donors (Lipinski definition) is 1. The average Bonchev–Trinajstić information content (AvgIpc) is 2.15. The fourth-order valence-electron chi connectivity index (χ4n) is 1.79. The summed E-state index contributed by atoms with van der Waals surface area (Å²) in [6, 6.07) is 0.339. The van der Waals surface area contributed by atoms with Gasteiger partial charge in [0, 0.05) is 12.6 Å². The van der Waals surface area contributed by atoms with Crippen LogP contribution >= 0.6 is 0 Å². The molecule has 62 valence electrons. The van der Waals surface area contributed by atoms with Gasteiger partial charge >= 0.3 is 0 Å². The number of likely N-dealkylation sites (tertiary alicyclic amines) is 1. The lowest BCUT2D eigenvalue weighted by atomic mass is 9.92. The van der Waals surface area contributed by atoms with E-state index in [2.05, 4.69) is 0 Å². The van der Waals surface area contributed by atoms with Crippen LogP contribution in [-0.4, -0.2) is 29.4 Å². The minimum absolute atomic E-state index is 0.176. The molecule has 2 fully saturated rings. The van der Waals surface area contributed by atoms with E-state index in [9.17, 15) is 4.79 Å². The minimum Gasteiger partial charge on any atom is -0.338 e. The van der Waals surface area contributed by atoms with E-state index in [0.717, 1.165) is 13.0 Å². The molecule has 0 aromatic rings. The highest BCUT2D eigenvalue weighted by Gasteiger charge is 2.35. The van der Waals surface area contributed by atoms with E-state index in [1.54, 1.807) is 0 Å². The van der Waals surface area contributed by atoms with E-state index in [1.165, 1.54) is 19.3 Å². The van der Waals surface area contributed by atoms with Crippen LogP contribution in [0.2, 0.25) is 0 Å². The van der Waals surface area contributed by atoms with E-state index in [0.29, 0.717) is 6.04 Å². The molecular formula is C8H14N2O. The molecule has 1 aliphatic carbocycles. The Labute approximate surface area is 66.5 Å². The molecule has 0 radical (unpaired) electrons. The molecule has 11 heavy (non-hydrogen) atoms. The Morgan fingerprint density at radius 1 is 1.36 bits per heavy atom. The zero-order valence-corrected chi connectivity index (χ0v) is 6.62. The molecule has 2 aliphatic rings. The van der Waals surface area contributed by atoms with Crippen molar-refractivity contribution in [1.82, 2.24) is 4.90 Å². The SMILES string of the molecule is N[C@H]1CCN(C2CCC2)C1=O. The van der Waals surface area contributed by atoms with Gasteiger partial charge in [-0.2, -0.15) is 0 Å². The summed E-state index contributed by atoms with van der Waals surface area (Å²) >= 11 is 0. The average molecular weight is 154 g/mol. The van der Waals surface area contributed by atoms with Crippen LogP contribution < -0.4 is 5.73 Å². The number of nitrogens with zero attached hydrogens (tertiary/aromatic N) is 1. The molecule has 1 heterocycles. The normalized spacial score (nSPS) is 32.6. The van der Waals surface area contributed by atoms with Crippen molar-refractivity contribution in [1.29, 1.82) is 0 Å². The van der Waals surface area contributed by atoms with Gasteiger partial charge in [0.05, 0.1) is 6.04 Å². The van der Waals surface area contributed by atoms with E-state index in [1.807, 2.05) is 4.90 Å². The Kier molecular flexibility index (Phi) is 1.60. The van der Waals surface area contributed by atoms with Gasteiger partial charge in [-0.25, -0.2) is 0 Å².